The number of nitrogens with zero attached hydrogens (tertiary/aromatic N) is 1. The van der Waals surface area contributed by atoms with Gasteiger partial charge in [0.1, 0.15) is 11.4 Å². The van der Waals surface area contributed by atoms with Crippen molar-refractivity contribution < 1.29 is 19.4 Å². The number of rotatable bonds is 1. The van der Waals surface area contributed by atoms with Crippen LogP contribution >= 0.6 is 0 Å². The molecule has 25 heavy (non-hydrogen) atoms. The number of carbonyl (C=O) groups excluding carboxylic acids is 2. The smallest absolute Gasteiger partial charge is 0.226 e. The zero-order valence-electron chi connectivity index (χ0n) is 14.2. The molecule has 2 aliphatic carbocycles. The van der Waals surface area contributed by atoms with Gasteiger partial charge in [0.05, 0.1) is 18.1 Å². The van der Waals surface area contributed by atoms with E-state index in [1.54, 1.807) is 0 Å². The number of carbonyl (C=O) groups is 2. The maximum atomic E-state index is 12.9. The molecule has 1 N–H and O–H groups in total. The number of likely N-dealkylation sites (tertiary alicyclic amines) is 1. The van der Waals surface area contributed by atoms with E-state index in [4.69, 9.17) is 4.74 Å². The van der Waals surface area contributed by atoms with Gasteiger partial charge in [0.25, 0.3) is 0 Å². The third-order valence-electron chi connectivity index (χ3n) is 6.63. The first-order valence-corrected chi connectivity index (χ1v) is 9.37. The molecule has 2 saturated carbocycles. The van der Waals surface area contributed by atoms with E-state index >= 15 is 0 Å². The number of β-amino-alcohol motifs (C(OH)–C–C–N with tert-alkyl or cyclic N) is 1. The van der Waals surface area contributed by atoms with Gasteiger partial charge < -0.3 is 14.7 Å². The fourth-order valence-electron chi connectivity index (χ4n) is 5.46. The predicted octanol–water partition coefficient (Wildman–Crippen LogP) is 2.03. The number of piperidine rings is 1. The molecule has 1 aromatic rings. The number of hydrogen-bond acceptors (Lipinski definition) is 4. The van der Waals surface area contributed by atoms with E-state index < -0.39 is 11.7 Å². The molecule has 1 saturated heterocycles. The van der Waals surface area contributed by atoms with Crippen molar-refractivity contribution in [2.75, 3.05) is 13.1 Å². The molecule has 4 aliphatic rings. The van der Waals surface area contributed by atoms with Gasteiger partial charge in [-0.25, -0.2) is 0 Å². The fourth-order valence-corrected chi connectivity index (χ4v) is 5.46. The number of fused-ring (bicyclic) bond motifs is 3. The van der Waals surface area contributed by atoms with Gasteiger partial charge in [-0.3, -0.25) is 9.59 Å². The molecular weight excluding hydrogens is 318 g/mol. The topological polar surface area (TPSA) is 66.8 Å². The standard InChI is InChI=1S/C20H23NO4/c22-12-4-3-9-21(11-12)19(24)17-14-7-8-20(18(14)17)10-15(23)13-5-1-2-6-16(13)25-20/h1-2,5-6,12,14,17-18,22H,3-4,7-11H2/t12-,14+,17+,18+,20+/m0/s1. The van der Waals surface area contributed by atoms with Crippen LogP contribution in [0.2, 0.25) is 0 Å². The van der Waals surface area contributed by atoms with Gasteiger partial charge in [-0.05, 0) is 43.7 Å². The fraction of sp³-hybridized carbons (Fsp3) is 0.600. The average molecular weight is 341 g/mol. The van der Waals surface area contributed by atoms with E-state index in [1.165, 1.54) is 0 Å². The van der Waals surface area contributed by atoms with Crippen LogP contribution in [0.4, 0.5) is 0 Å². The van der Waals surface area contributed by atoms with E-state index in [9.17, 15) is 14.7 Å². The van der Waals surface area contributed by atoms with Crippen LogP contribution in [0.15, 0.2) is 24.3 Å². The molecule has 2 aliphatic heterocycles. The molecule has 1 aromatic carbocycles. The second kappa shape index (κ2) is 5.31. The Morgan fingerprint density at radius 3 is 2.96 bits per heavy atom. The van der Waals surface area contributed by atoms with E-state index in [0.717, 1.165) is 32.2 Å². The highest BCUT2D eigenvalue weighted by atomic mass is 16.5. The number of ether oxygens (including phenoxy) is 1. The molecule has 5 nitrogen and oxygen atoms in total. The van der Waals surface area contributed by atoms with Crippen LogP contribution in [0.3, 0.4) is 0 Å². The van der Waals surface area contributed by atoms with Crippen molar-refractivity contribution in [2.24, 2.45) is 17.8 Å². The van der Waals surface area contributed by atoms with Crippen LogP contribution in [0.25, 0.3) is 0 Å². The summed E-state index contributed by atoms with van der Waals surface area (Å²) >= 11 is 0. The van der Waals surface area contributed by atoms with Crippen molar-refractivity contribution in [3.63, 3.8) is 0 Å². The first-order valence-electron chi connectivity index (χ1n) is 9.37. The number of Topliss-reactive ketones (excluding diaryl/α,β-unsaturated/α-hetero) is 1. The molecule has 2 heterocycles. The lowest BCUT2D eigenvalue weighted by Crippen LogP contribution is -2.47. The molecule has 0 radical (unpaired) electrons. The molecule has 132 valence electrons. The monoisotopic (exact) mass is 341 g/mol. The van der Waals surface area contributed by atoms with Crippen molar-refractivity contribution in [3.8, 4) is 5.75 Å². The van der Waals surface area contributed by atoms with Crippen molar-refractivity contribution in [2.45, 2.75) is 43.8 Å². The Balaban J connectivity index is 1.38. The van der Waals surface area contributed by atoms with Crippen LogP contribution in [-0.4, -0.2) is 46.5 Å². The molecule has 5 rings (SSSR count). The Labute approximate surface area is 147 Å². The first kappa shape index (κ1) is 15.4. The molecule has 1 amide bonds. The Morgan fingerprint density at radius 1 is 1.28 bits per heavy atom. The maximum absolute atomic E-state index is 12.9. The van der Waals surface area contributed by atoms with Gasteiger partial charge >= 0.3 is 0 Å². The van der Waals surface area contributed by atoms with Gasteiger partial charge in [0.2, 0.25) is 5.91 Å². The Hall–Kier alpha value is -1.88. The van der Waals surface area contributed by atoms with Crippen LogP contribution in [-0.2, 0) is 4.79 Å². The van der Waals surface area contributed by atoms with Crippen LogP contribution in [0.5, 0.6) is 5.75 Å². The number of ketones is 1. The van der Waals surface area contributed by atoms with E-state index in [2.05, 4.69) is 0 Å². The highest BCUT2D eigenvalue weighted by Gasteiger charge is 2.71. The van der Waals surface area contributed by atoms with E-state index in [0.29, 0.717) is 30.2 Å². The third-order valence-corrected chi connectivity index (χ3v) is 6.63. The molecular formula is C20H23NO4. The van der Waals surface area contributed by atoms with Crippen LogP contribution in [0.1, 0.15) is 42.5 Å². The highest BCUT2D eigenvalue weighted by Crippen LogP contribution is 2.66. The summed E-state index contributed by atoms with van der Waals surface area (Å²) in [6.07, 6.45) is 3.44. The summed E-state index contributed by atoms with van der Waals surface area (Å²) in [5.41, 5.74) is 0.171. The Kier molecular flexibility index (Phi) is 3.26. The lowest BCUT2D eigenvalue weighted by atomic mass is 9.84. The zero-order chi connectivity index (χ0) is 17.2. The highest BCUT2D eigenvalue weighted by molar-refractivity contribution is 6.00. The summed E-state index contributed by atoms with van der Waals surface area (Å²) in [4.78, 5) is 27.4. The van der Waals surface area contributed by atoms with Gasteiger partial charge in [-0.1, -0.05) is 12.1 Å². The van der Waals surface area contributed by atoms with Gasteiger partial charge in [0, 0.05) is 24.9 Å². The van der Waals surface area contributed by atoms with Crippen molar-refractivity contribution >= 4 is 11.7 Å². The number of benzene rings is 1. The molecule has 0 bridgehead atoms. The quantitative estimate of drug-likeness (QED) is 0.849. The summed E-state index contributed by atoms with van der Waals surface area (Å²) in [7, 11) is 0. The van der Waals surface area contributed by atoms with E-state index in [-0.39, 0.29) is 23.5 Å². The minimum absolute atomic E-state index is 0.0305. The number of aliphatic hydroxyl groups excluding tert-OH is 1. The summed E-state index contributed by atoms with van der Waals surface area (Å²) in [5.74, 6) is 1.42. The average Bonchev–Trinajstić information content (AvgIpc) is 3.25. The molecule has 3 fully saturated rings. The summed E-state index contributed by atoms with van der Waals surface area (Å²) in [6.45, 7) is 1.19. The third kappa shape index (κ3) is 2.25. The van der Waals surface area contributed by atoms with E-state index in [1.807, 2.05) is 29.2 Å². The molecule has 5 atom stereocenters. The second-order valence-electron chi connectivity index (χ2n) is 8.10. The van der Waals surface area contributed by atoms with Gasteiger partial charge in [0.15, 0.2) is 5.78 Å². The second-order valence-corrected chi connectivity index (χ2v) is 8.10. The Morgan fingerprint density at radius 2 is 2.12 bits per heavy atom. The van der Waals surface area contributed by atoms with Crippen molar-refractivity contribution in [1.29, 1.82) is 0 Å². The summed E-state index contributed by atoms with van der Waals surface area (Å²) in [5, 5.41) is 9.86. The molecule has 0 unspecified atom stereocenters. The molecule has 5 heteroatoms. The number of para-hydroxylation sites is 1. The minimum Gasteiger partial charge on any atom is -0.486 e. The molecule has 0 aromatic heterocycles. The first-order chi connectivity index (χ1) is 12.1. The number of amides is 1. The normalized spacial score (nSPS) is 38.9. The minimum atomic E-state index is -0.495. The predicted molar refractivity (Wildman–Crippen MR) is 90.3 cm³/mol. The van der Waals surface area contributed by atoms with Crippen LogP contribution in [0, 0.1) is 17.8 Å². The number of aliphatic hydroxyl groups is 1. The summed E-state index contributed by atoms with van der Waals surface area (Å²) in [6, 6.07) is 7.44. The maximum Gasteiger partial charge on any atom is 0.226 e. The zero-order valence-corrected chi connectivity index (χ0v) is 14.2. The molecule has 1 spiro atoms. The Bertz CT molecular complexity index is 747. The summed E-state index contributed by atoms with van der Waals surface area (Å²) < 4.78 is 6.35. The van der Waals surface area contributed by atoms with Gasteiger partial charge in [-0.15, -0.1) is 0 Å². The lowest BCUT2D eigenvalue weighted by Gasteiger charge is -2.38. The lowest BCUT2D eigenvalue weighted by molar-refractivity contribution is -0.137. The van der Waals surface area contributed by atoms with Gasteiger partial charge in [-0.2, -0.15) is 0 Å². The van der Waals surface area contributed by atoms with Crippen LogP contribution < -0.4 is 4.74 Å². The largest absolute Gasteiger partial charge is 0.486 e. The van der Waals surface area contributed by atoms with Crippen molar-refractivity contribution in [1.82, 2.24) is 4.90 Å². The number of hydrogen-bond donors (Lipinski definition) is 1. The SMILES string of the molecule is O=C1C[C@@]2(CC[C@@H]3[C@@H](C(=O)N4CCC[C@H](O)C4)[C@@H]32)Oc2ccccc21. The van der Waals surface area contributed by atoms with Crippen molar-refractivity contribution in [3.05, 3.63) is 29.8 Å².